The van der Waals surface area contributed by atoms with Gasteiger partial charge in [-0.25, -0.2) is 0 Å². The molecule has 3 heteroatoms. The highest BCUT2D eigenvalue weighted by molar-refractivity contribution is 5.92. The van der Waals surface area contributed by atoms with Gasteiger partial charge in [0.25, 0.3) is 0 Å². The minimum atomic E-state index is -0.366. The van der Waals surface area contributed by atoms with Crippen LogP contribution in [0.25, 0.3) is 0 Å². The Balaban J connectivity index is 1.98. The summed E-state index contributed by atoms with van der Waals surface area (Å²) in [7, 11) is 0. The maximum absolute atomic E-state index is 12.2. The second kappa shape index (κ2) is 5.11. The summed E-state index contributed by atoms with van der Waals surface area (Å²) in [5, 5.41) is 0. The van der Waals surface area contributed by atoms with Crippen LogP contribution in [0.3, 0.4) is 0 Å². The monoisotopic (exact) mass is 290 g/mol. The van der Waals surface area contributed by atoms with E-state index >= 15 is 0 Å². The fourth-order valence-corrected chi connectivity index (χ4v) is 3.61. The first-order chi connectivity index (χ1) is 9.69. The van der Waals surface area contributed by atoms with Crippen molar-refractivity contribution < 1.29 is 14.3 Å². The van der Waals surface area contributed by atoms with Crippen molar-refractivity contribution in [2.75, 3.05) is 0 Å². The molecule has 0 aromatic carbocycles. The molecule has 4 atom stereocenters. The molecule has 0 amide bonds. The highest BCUT2D eigenvalue weighted by atomic mass is 16.6. The molecule has 116 valence electrons. The van der Waals surface area contributed by atoms with Crippen molar-refractivity contribution in [2.45, 2.75) is 41.5 Å². The Morgan fingerprint density at radius 1 is 0.810 bits per heavy atom. The van der Waals surface area contributed by atoms with Crippen LogP contribution in [0.1, 0.15) is 41.5 Å². The zero-order chi connectivity index (χ0) is 16.0. The molecule has 0 aliphatic heterocycles. The van der Waals surface area contributed by atoms with E-state index in [1.165, 1.54) is 0 Å². The van der Waals surface area contributed by atoms with Crippen molar-refractivity contribution in [3.63, 3.8) is 0 Å². The largest absolute Gasteiger partial charge is 0.393 e. The molecule has 0 aromatic rings. The van der Waals surface area contributed by atoms with E-state index in [1.54, 1.807) is 0 Å². The van der Waals surface area contributed by atoms with Crippen molar-refractivity contribution in [2.24, 2.45) is 34.5 Å². The van der Waals surface area contributed by atoms with Gasteiger partial charge in [0.2, 0.25) is 0 Å². The fraction of sp³-hybridized carbons (Fsp3) is 0.667. The van der Waals surface area contributed by atoms with Crippen molar-refractivity contribution in [1.29, 1.82) is 0 Å². The van der Waals surface area contributed by atoms with E-state index in [1.807, 2.05) is 65.8 Å². The fourth-order valence-electron chi connectivity index (χ4n) is 3.61. The van der Waals surface area contributed by atoms with Gasteiger partial charge in [0, 0.05) is 0 Å². The average molecular weight is 290 g/mol. The summed E-state index contributed by atoms with van der Waals surface area (Å²) in [4.78, 5) is 24.5. The molecule has 0 unspecified atom stereocenters. The Kier molecular flexibility index (Phi) is 3.90. The molecule has 0 saturated heterocycles. The lowest BCUT2D eigenvalue weighted by Gasteiger charge is -2.05. The molecule has 0 bridgehead atoms. The van der Waals surface area contributed by atoms with Gasteiger partial charge in [-0.1, -0.05) is 52.0 Å². The number of rotatable bonds is 4. The predicted molar refractivity (Wildman–Crippen MR) is 82.2 cm³/mol. The number of hydrogen-bond donors (Lipinski definition) is 0. The summed E-state index contributed by atoms with van der Waals surface area (Å²) in [5.41, 5.74) is -0.211. The van der Waals surface area contributed by atoms with Crippen molar-refractivity contribution in [3.05, 3.63) is 24.3 Å². The van der Waals surface area contributed by atoms with Gasteiger partial charge in [0.05, 0.1) is 11.8 Å². The summed E-state index contributed by atoms with van der Waals surface area (Å²) in [6.07, 6.45) is 7.96. The summed E-state index contributed by atoms with van der Waals surface area (Å²) < 4.78 is 5.18. The Labute approximate surface area is 127 Å². The highest BCUT2D eigenvalue weighted by Crippen LogP contribution is 2.61. The van der Waals surface area contributed by atoms with Gasteiger partial charge in [-0.15, -0.1) is 0 Å². The zero-order valence-electron chi connectivity index (χ0n) is 13.8. The molecule has 2 aliphatic carbocycles. The molecule has 2 saturated carbocycles. The van der Waals surface area contributed by atoms with Crippen LogP contribution in [0, 0.1) is 34.5 Å². The second-order valence-electron chi connectivity index (χ2n) is 7.44. The molecular weight excluding hydrogens is 264 g/mol. The Hall–Kier alpha value is -1.38. The number of hydrogen-bond acceptors (Lipinski definition) is 3. The highest BCUT2D eigenvalue weighted by Gasteiger charge is 2.64. The molecule has 2 fully saturated rings. The Morgan fingerprint density at radius 3 is 1.43 bits per heavy atom. The maximum Gasteiger partial charge on any atom is 0.317 e. The summed E-state index contributed by atoms with van der Waals surface area (Å²) in [6.45, 7) is 12.0. The summed E-state index contributed by atoms with van der Waals surface area (Å²) in [6, 6.07) is 0. The SMILES string of the molecule is C/C=C\[C@H]1[C@H](C(=O)OC(=O)[C@H]2[C@H](/C=C\C)C2(C)C)C1(C)C. The van der Waals surface area contributed by atoms with Crippen LogP contribution in [0.4, 0.5) is 0 Å². The van der Waals surface area contributed by atoms with Crippen molar-refractivity contribution in [1.82, 2.24) is 0 Å². The molecule has 2 aliphatic rings. The van der Waals surface area contributed by atoms with Crippen LogP contribution in [-0.4, -0.2) is 11.9 Å². The van der Waals surface area contributed by atoms with Crippen molar-refractivity contribution >= 4 is 11.9 Å². The predicted octanol–water partition coefficient (Wildman–Crippen LogP) is 3.75. The number of carbonyl (C=O) groups excluding carboxylic acids is 2. The Morgan fingerprint density at radius 2 is 1.14 bits per heavy atom. The zero-order valence-corrected chi connectivity index (χ0v) is 13.8. The normalized spacial score (nSPS) is 35.9. The first-order valence-electron chi connectivity index (χ1n) is 7.70. The molecule has 0 heterocycles. The van der Waals surface area contributed by atoms with E-state index < -0.39 is 0 Å². The van der Waals surface area contributed by atoms with Crippen LogP contribution in [0.5, 0.6) is 0 Å². The topological polar surface area (TPSA) is 43.4 Å². The van der Waals surface area contributed by atoms with Gasteiger partial charge in [0.15, 0.2) is 0 Å². The van der Waals surface area contributed by atoms with Gasteiger partial charge >= 0.3 is 11.9 Å². The van der Waals surface area contributed by atoms with Gasteiger partial charge in [0.1, 0.15) is 0 Å². The molecule has 0 spiro atoms. The Bertz CT molecular complexity index is 465. The molecule has 0 radical (unpaired) electrons. The smallest absolute Gasteiger partial charge is 0.317 e. The molecule has 0 aromatic heterocycles. The lowest BCUT2D eigenvalue weighted by atomic mass is 10.1. The minimum absolute atomic E-state index is 0.105. The third-order valence-electron chi connectivity index (χ3n) is 5.33. The number of carbonyl (C=O) groups is 2. The van der Waals surface area contributed by atoms with Crippen LogP contribution < -0.4 is 0 Å². The molecule has 0 N–H and O–H groups in total. The molecule has 2 rings (SSSR count). The number of esters is 2. The minimum Gasteiger partial charge on any atom is -0.393 e. The summed E-state index contributed by atoms with van der Waals surface area (Å²) >= 11 is 0. The maximum atomic E-state index is 12.2. The van der Waals surface area contributed by atoms with E-state index in [0.717, 1.165) is 0 Å². The van der Waals surface area contributed by atoms with E-state index in [4.69, 9.17) is 4.74 Å². The van der Waals surface area contributed by atoms with E-state index in [2.05, 4.69) is 0 Å². The van der Waals surface area contributed by atoms with Gasteiger partial charge < -0.3 is 4.74 Å². The average Bonchev–Trinajstić information content (AvgIpc) is 3.11. The van der Waals surface area contributed by atoms with Crippen LogP contribution in [0.2, 0.25) is 0 Å². The number of ether oxygens (including phenoxy) is 1. The lowest BCUT2D eigenvalue weighted by Crippen LogP contribution is -2.19. The van der Waals surface area contributed by atoms with Crippen molar-refractivity contribution in [3.8, 4) is 0 Å². The molecule has 21 heavy (non-hydrogen) atoms. The quantitative estimate of drug-likeness (QED) is 0.450. The van der Waals surface area contributed by atoms with E-state index in [0.29, 0.717) is 0 Å². The van der Waals surface area contributed by atoms with Crippen LogP contribution >= 0.6 is 0 Å². The standard InChI is InChI=1S/C18H26O3/c1-7-9-11-13(17(11,3)4)15(19)21-16(20)14-12(10-8-2)18(14,5)6/h7-14H,1-6H3/b9-7-,10-8-/t11-,12-,13+,14+/m0/s1. The summed E-state index contributed by atoms with van der Waals surface area (Å²) in [5.74, 6) is -0.757. The molecule has 3 nitrogen and oxygen atoms in total. The second-order valence-corrected chi connectivity index (χ2v) is 7.44. The van der Waals surface area contributed by atoms with E-state index in [-0.39, 0.29) is 46.4 Å². The van der Waals surface area contributed by atoms with Gasteiger partial charge in [-0.2, -0.15) is 0 Å². The molecular formula is C18H26O3. The van der Waals surface area contributed by atoms with Gasteiger partial charge in [-0.3, -0.25) is 9.59 Å². The lowest BCUT2D eigenvalue weighted by molar-refractivity contribution is -0.162. The number of allylic oxidation sites excluding steroid dienone is 4. The third-order valence-corrected chi connectivity index (χ3v) is 5.33. The first kappa shape index (κ1) is 16.0. The third kappa shape index (κ3) is 2.58. The van der Waals surface area contributed by atoms with Crippen LogP contribution in [-0.2, 0) is 14.3 Å². The first-order valence-corrected chi connectivity index (χ1v) is 7.70. The van der Waals surface area contributed by atoms with E-state index in [9.17, 15) is 9.59 Å². The van der Waals surface area contributed by atoms with Gasteiger partial charge in [-0.05, 0) is 36.5 Å². The van der Waals surface area contributed by atoms with Crippen LogP contribution in [0.15, 0.2) is 24.3 Å².